The number of fused-ring (bicyclic) bond motifs is 12. The molecular formula is C62H36OS. The molecule has 0 fully saturated rings. The minimum atomic E-state index is 0.907. The summed E-state index contributed by atoms with van der Waals surface area (Å²) in [5, 5.41) is 17.4. The molecule has 2 heterocycles. The van der Waals surface area contributed by atoms with Crippen LogP contribution in [0.1, 0.15) is 0 Å². The van der Waals surface area contributed by atoms with Crippen molar-refractivity contribution >= 4 is 107 Å². The van der Waals surface area contributed by atoms with Crippen molar-refractivity contribution < 1.29 is 4.42 Å². The fourth-order valence-electron chi connectivity index (χ4n) is 11.0. The van der Waals surface area contributed by atoms with Gasteiger partial charge in [0.2, 0.25) is 0 Å². The van der Waals surface area contributed by atoms with Crippen molar-refractivity contribution in [2.24, 2.45) is 0 Å². The fraction of sp³-hybridized carbons (Fsp3) is 0. The van der Waals surface area contributed by atoms with Crippen molar-refractivity contribution in [1.82, 2.24) is 0 Å². The van der Waals surface area contributed by atoms with E-state index in [4.69, 9.17) is 4.42 Å². The van der Waals surface area contributed by atoms with E-state index in [9.17, 15) is 0 Å². The Morgan fingerprint density at radius 3 is 1.39 bits per heavy atom. The van der Waals surface area contributed by atoms with Gasteiger partial charge < -0.3 is 4.42 Å². The van der Waals surface area contributed by atoms with Crippen molar-refractivity contribution in [3.63, 3.8) is 0 Å². The minimum Gasteiger partial charge on any atom is -0.456 e. The van der Waals surface area contributed by atoms with Crippen LogP contribution in [0.4, 0.5) is 0 Å². The lowest BCUT2D eigenvalue weighted by atomic mass is 9.84. The van der Waals surface area contributed by atoms with Crippen LogP contribution in [-0.4, -0.2) is 0 Å². The van der Waals surface area contributed by atoms with Gasteiger partial charge in [-0.25, -0.2) is 0 Å². The van der Waals surface area contributed by atoms with Gasteiger partial charge in [-0.1, -0.05) is 188 Å². The number of benzene rings is 12. The number of thiophene rings is 1. The summed E-state index contributed by atoms with van der Waals surface area (Å²) >= 11 is 1.90. The Kier molecular flexibility index (Phi) is 7.63. The molecule has 12 aromatic carbocycles. The van der Waals surface area contributed by atoms with Crippen molar-refractivity contribution in [1.29, 1.82) is 0 Å². The Bertz CT molecular complexity index is 4130. The van der Waals surface area contributed by atoms with Gasteiger partial charge >= 0.3 is 0 Å². The highest BCUT2D eigenvalue weighted by Gasteiger charge is 2.22. The molecule has 0 saturated heterocycles. The van der Waals surface area contributed by atoms with Gasteiger partial charge in [-0.3, -0.25) is 0 Å². The number of furan rings is 1. The summed E-state index contributed by atoms with van der Waals surface area (Å²) in [6.07, 6.45) is 0. The predicted molar refractivity (Wildman–Crippen MR) is 276 cm³/mol. The monoisotopic (exact) mass is 828 g/mol. The fourth-order valence-corrected chi connectivity index (χ4v) is 12.1. The molecule has 0 saturated carbocycles. The summed E-state index contributed by atoms with van der Waals surface area (Å²) < 4.78 is 9.05. The van der Waals surface area contributed by atoms with Gasteiger partial charge in [-0.15, -0.1) is 11.3 Å². The molecule has 0 radical (unpaired) electrons. The Morgan fingerprint density at radius 1 is 0.266 bits per heavy atom. The molecule has 2 heteroatoms. The molecule has 0 bridgehead atoms. The van der Waals surface area contributed by atoms with Crippen LogP contribution in [0.2, 0.25) is 0 Å². The molecule has 0 amide bonds. The molecule has 0 atom stereocenters. The standard InChI is InChI=1S/C62H36OS/c1-2-16-38(17-3-1)57-42-19-6-8-21-44(42)59(45-22-9-7-20-43(45)57)40-29-32-50-56(36-40)64-55-28-14-27-51(62(50)55)60-48-25-12-10-23-46(48)58(47-24-11-13-26-49(47)60)39-31-33-53-52(35-39)61-41-18-5-4-15-37(41)30-34-54(61)63-53/h1-36H. The Morgan fingerprint density at radius 2 is 0.766 bits per heavy atom. The molecule has 14 aromatic rings. The largest absolute Gasteiger partial charge is 0.456 e. The van der Waals surface area contributed by atoms with E-state index >= 15 is 0 Å². The third-order valence-electron chi connectivity index (χ3n) is 13.6. The van der Waals surface area contributed by atoms with Gasteiger partial charge in [0.15, 0.2) is 0 Å². The molecule has 0 unspecified atom stereocenters. The molecule has 64 heavy (non-hydrogen) atoms. The first-order valence-electron chi connectivity index (χ1n) is 22.0. The zero-order valence-corrected chi connectivity index (χ0v) is 35.4. The normalized spacial score (nSPS) is 12.1. The first-order valence-corrected chi connectivity index (χ1v) is 22.8. The topological polar surface area (TPSA) is 13.1 Å². The van der Waals surface area contributed by atoms with Crippen LogP contribution in [0.3, 0.4) is 0 Å². The van der Waals surface area contributed by atoms with E-state index in [2.05, 4.69) is 218 Å². The molecule has 0 spiro atoms. The van der Waals surface area contributed by atoms with Gasteiger partial charge in [0, 0.05) is 30.9 Å². The zero-order valence-electron chi connectivity index (χ0n) is 34.6. The third kappa shape index (κ3) is 5.12. The first-order chi connectivity index (χ1) is 31.8. The predicted octanol–water partition coefficient (Wildman–Crippen LogP) is 18.4. The number of hydrogen-bond donors (Lipinski definition) is 0. The van der Waals surface area contributed by atoms with E-state index in [0.717, 1.165) is 16.6 Å². The second kappa shape index (κ2) is 13.7. The molecule has 0 N–H and O–H groups in total. The number of rotatable bonds is 4. The lowest BCUT2D eigenvalue weighted by Crippen LogP contribution is -1.91. The molecule has 2 aromatic heterocycles. The van der Waals surface area contributed by atoms with Gasteiger partial charge in [0.1, 0.15) is 11.2 Å². The lowest BCUT2D eigenvalue weighted by Gasteiger charge is -2.18. The summed E-state index contributed by atoms with van der Waals surface area (Å²) in [5.74, 6) is 0. The van der Waals surface area contributed by atoms with Gasteiger partial charge in [0.05, 0.1) is 0 Å². The molecule has 0 aliphatic rings. The van der Waals surface area contributed by atoms with Gasteiger partial charge in [-0.2, -0.15) is 0 Å². The van der Waals surface area contributed by atoms with Crippen molar-refractivity contribution in [3.05, 3.63) is 218 Å². The van der Waals surface area contributed by atoms with Crippen molar-refractivity contribution in [3.8, 4) is 44.5 Å². The molecule has 14 rings (SSSR count). The lowest BCUT2D eigenvalue weighted by molar-refractivity contribution is 0.669. The Balaban J connectivity index is 0.995. The summed E-state index contributed by atoms with van der Waals surface area (Å²) in [6, 6.07) is 80.5. The SMILES string of the molecule is c1ccc(-c2c3ccccc3c(-c3ccc4c(c3)sc3cccc(-c5c6ccccc6c(-c6ccc7oc8ccc9ccccc9c8c7c6)c6ccccc56)c34)c3ccccc23)cc1. The van der Waals surface area contributed by atoms with Crippen LogP contribution in [0.25, 0.3) is 140 Å². The van der Waals surface area contributed by atoms with Gasteiger partial charge in [-0.05, 0) is 129 Å². The summed E-state index contributed by atoms with van der Waals surface area (Å²) in [4.78, 5) is 0. The smallest absolute Gasteiger partial charge is 0.136 e. The third-order valence-corrected chi connectivity index (χ3v) is 14.7. The highest BCUT2D eigenvalue weighted by Crippen LogP contribution is 2.50. The van der Waals surface area contributed by atoms with E-state index in [1.54, 1.807) is 0 Å². The highest BCUT2D eigenvalue weighted by molar-refractivity contribution is 7.26. The van der Waals surface area contributed by atoms with Crippen LogP contribution in [0.15, 0.2) is 223 Å². The molecule has 0 aliphatic carbocycles. The van der Waals surface area contributed by atoms with E-state index in [1.165, 1.54) is 124 Å². The van der Waals surface area contributed by atoms with Crippen LogP contribution in [0, 0.1) is 0 Å². The summed E-state index contributed by atoms with van der Waals surface area (Å²) in [6.45, 7) is 0. The summed E-state index contributed by atoms with van der Waals surface area (Å²) in [5.41, 5.74) is 11.9. The Hall–Kier alpha value is -8.04. The summed E-state index contributed by atoms with van der Waals surface area (Å²) in [7, 11) is 0. The number of hydrogen-bond acceptors (Lipinski definition) is 2. The van der Waals surface area contributed by atoms with Crippen LogP contribution >= 0.6 is 11.3 Å². The molecular weight excluding hydrogens is 793 g/mol. The highest BCUT2D eigenvalue weighted by atomic mass is 32.1. The average molecular weight is 829 g/mol. The van der Waals surface area contributed by atoms with E-state index in [1.807, 2.05) is 11.3 Å². The zero-order chi connectivity index (χ0) is 41.9. The molecule has 0 aliphatic heterocycles. The Labute approximate surface area is 372 Å². The van der Waals surface area contributed by atoms with Crippen LogP contribution < -0.4 is 0 Å². The van der Waals surface area contributed by atoms with Crippen molar-refractivity contribution in [2.45, 2.75) is 0 Å². The van der Waals surface area contributed by atoms with Crippen LogP contribution in [0.5, 0.6) is 0 Å². The maximum atomic E-state index is 6.46. The van der Waals surface area contributed by atoms with Crippen molar-refractivity contribution in [2.75, 3.05) is 0 Å². The minimum absolute atomic E-state index is 0.907. The second-order valence-corrected chi connectivity index (χ2v) is 18.1. The average Bonchev–Trinajstić information content (AvgIpc) is 3.93. The maximum absolute atomic E-state index is 6.46. The van der Waals surface area contributed by atoms with Crippen LogP contribution in [-0.2, 0) is 0 Å². The maximum Gasteiger partial charge on any atom is 0.136 e. The van der Waals surface area contributed by atoms with E-state index in [-0.39, 0.29) is 0 Å². The first kappa shape index (κ1) is 35.5. The van der Waals surface area contributed by atoms with E-state index < -0.39 is 0 Å². The quantitative estimate of drug-likeness (QED) is 0.161. The van der Waals surface area contributed by atoms with E-state index in [0.29, 0.717) is 0 Å². The molecule has 1 nitrogen and oxygen atoms in total. The van der Waals surface area contributed by atoms with Gasteiger partial charge in [0.25, 0.3) is 0 Å². The molecule has 296 valence electrons. The second-order valence-electron chi connectivity index (χ2n) is 17.0.